The Bertz CT molecular complexity index is 824. The highest BCUT2D eigenvalue weighted by Crippen LogP contribution is 2.30. The minimum absolute atomic E-state index is 0.0202. The van der Waals surface area contributed by atoms with Crippen molar-refractivity contribution in [1.29, 1.82) is 0 Å². The monoisotopic (exact) mass is 418 g/mol. The molecule has 3 amide bonds. The fourth-order valence-corrected chi connectivity index (χ4v) is 3.73. The van der Waals surface area contributed by atoms with Crippen molar-refractivity contribution in [3.05, 3.63) is 34.9 Å². The van der Waals surface area contributed by atoms with Gasteiger partial charge in [0.25, 0.3) is 5.91 Å². The highest BCUT2D eigenvalue weighted by molar-refractivity contribution is 6.05. The number of carboxylic acids is 1. The van der Waals surface area contributed by atoms with Gasteiger partial charge in [0.15, 0.2) is 0 Å². The van der Waals surface area contributed by atoms with Gasteiger partial charge in [-0.1, -0.05) is 12.1 Å². The topological polar surface area (TPSA) is 122 Å². The lowest BCUT2D eigenvalue weighted by molar-refractivity contribution is -0.139. The Balaban J connectivity index is 1.46. The SMILES string of the molecule is O=C(O)CCOCCOCCCc1cccc2c1CN(C1CCC(=O)NC1=O)C2=O. The third-order valence-corrected chi connectivity index (χ3v) is 5.25. The van der Waals surface area contributed by atoms with E-state index in [0.717, 1.165) is 24.0 Å². The number of hydrogen-bond donors (Lipinski definition) is 2. The first kappa shape index (κ1) is 21.9. The molecule has 1 unspecified atom stereocenters. The van der Waals surface area contributed by atoms with Gasteiger partial charge >= 0.3 is 5.97 Å². The molecule has 2 N–H and O–H groups in total. The van der Waals surface area contributed by atoms with Crippen LogP contribution < -0.4 is 5.32 Å². The summed E-state index contributed by atoms with van der Waals surface area (Å²) in [7, 11) is 0. The number of nitrogens with zero attached hydrogens (tertiary/aromatic N) is 1. The van der Waals surface area contributed by atoms with Gasteiger partial charge in [0.2, 0.25) is 11.8 Å². The Kier molecular flexibility index (Phi) is 7.53. The van der Waals surface area contributed by atoms with Crippen LogP contribution in [0.4, 0.5) is 0 Å². The Morgan fingerprint density at radius 1 is 1.13 bits per heavy atom. The quantitative estimate of drug-likeness (QED) is 0.404. The van der Waals surface area contributed by atoms with E-state index in [1.165, 1.54) is 0 Å². The molecule has 2 heterocycles. The predicted octanol–water partition coefficient (Wildman–Crippen LogP) is 0.888. The second-order valence-electron chi connectivity index (χ2n) is 7.32. The molecule has 9 heteroatoms. The highest BCUT2D eigenvalue weighted by Gasteiger charge is 2.39. The van der Waals surface area contributed by atoms with Crippen molar-refractivity contribution in [3.63, 3.8) is 0 Å². The lowest BCUT2D eigenvalue weighted by atomic mass is 10.00. The Morgan fingerprint density at radius 2 is 1.90 bits per heavy atom. The normalized spacial score (nSPS) is 18.5. The standard InChI is InChI=1S/C21H26N2O7/c24-18-7-6-17(20(27)22-18)23-13-16-14(3-1-5-15(16)21(23)28)4-2-9-29-11-12-30-10-8-19(25)26/h1,3,5,17H,2,4,6-13H2,(H,25,26)(H,22,24,27). The number of aryl methyl sites for hydroxylation is 1. The second kappa shape index (κ2) is 10.3. The number of nitrogens with one attached hydrogen (secondary N) is 1. The smallest absolute Gasteiger partial charge is 0.305 e. The van der Waals surface area contributed by atoms with Crippen LogP contribution in [0.5, 0.6) is 0 Å². The number of fused-ring (bicyclic) bond motifs is 1. The molecule has 1 fully saturated rings. The summed E-state index contributed by atoms with van der Waals surface area (Å²) >= 11 is 0. The maximum absolute atomic E-state index is 12.8. The molecule has 1 aromatic rings. The number of carbonyl (C=O) groups is 4. The van der Waals surface area contributed by atoms with Gasteiger partial charge in [0.05, 0.1) is 26.2 Å². The molecule has 0 saturated carbocycles. The van der Waals surface area contributed by atoms with E-state index in [9.17, 15) is 19.2 Å². The van der Waals surface area contributed by atoms with Gasteiger partial charge in [-0.05, 0) is 36.5 Å². The number of hydrogen-bond acceptors (Lipinski definition) is 6. The van der Waals surface area contributed by atoms with E-state index < -0.39 is 17.9 Å². The Morgan fingerprint density at radius 3 is 2.63 bits per heavy atom. The summed E-state index contributed by atoms with van der Waals surface area (Å²) in [5.41, 5.74) is 2.60. The van der Waals surface area contributed by atoms with E-state index in [-0.39, 0.29) is 31.3 Å². The van der Waals surface area contributed by atoms with Crippen LogP contribution in [0.15, 0.2) is 18.2 Å². The summed E-state index contributed by atoms with van der Waals surface area (Å²) in [5, 5.41) is 10.8. The molecule has 3 rings (SSSR count). The maximum atomic E-state index is 12.8. The molecule has 0 spiro atoms. The number of benzene rings is 1. The van der Waals surface area contributed by atoms with Crippen LogP contribution in [0.3, 0.4) is 0 Å². The maximum Gasteiger partial charge on any atom is 0.305 e. The first-order valence-electron chi connectivity index (χ1n) is 10.1. The van der Waals surface area contributed by atoms with Crippen molar-refractivity contribution in [2.45, 2.75) is 44.7 Å². The average Bonchev–Trinajstić information content (AvgIpc) is 3.04. The number of piperidine rings is 1. The third kappa shape index (κ3) is 5.43. The molecule has 2 aliphatic rings. The van der Waals surface area contributed by atoms with Crippen LogP contribution in [0.25, 0.3) is 0 Å². The Labute approximate surface area is 174 Å². The van der Waals surface area contributed by atoms with Gasteiger partial charge in [0.1, 0.15) is 6.04 Å². The lowest BCUT2D eigenvalue weighted by Crippen LogP contribution is -2.52. The van der Waals surface area contributed by atoms with Gasteiger partial charge in [-0.2, -0.15) is 0 Å². The van der Waals surface area contributed by atoms with Crippen molar-refractivity contribution < 1.29 is 33.8 Å². The Hall–Kier alpha value is -2.78. The molecule has 1 aromatic carbocycles. The summed E-state index contributed by atoms with van der Waals surface area (Å²) in [6.07, 6.45) is 2.06. The summed E-state index contributed by atoms with van der Waals surface area (Å²) in [4.78, 5) is 48.3. The summed E-state index contributed by atoms with van der Waals surface area (Å²) in [5.74, 6) is -1.77. The number of ether oxygens (including phenoxy) is 2. The lowest BCUT2D eigenvalue weighted by Gasteiger charge is -2.29. The van der Waals surface area contributed by atoms with Crippen LogP contribution in [0.1, 0.15) is 47.2 Å². The first-order valence-corrected chi connectivity index (χ1v) is 10.1. The van der Waals surface area contributed by atoms with E-state index in [0.29, 0.717) is 38.3 Å². The molecule has 162 valence electrons. The average molecular weight is 418 g/mol. The summed E-state index contributed by atoms with van der Waals surface area (Å²) < 4.78 is 10.7. The van der Waals surface area contributed by atoms with E-state index >= 15 is 0 Å². The van der Waals surface area contributed by atoms with Crippen LogP contribution in [0, 0.1) is 0 Å². The minimum atomic E-state index is -0.888. The molecule has 30 heavy (non-hydrogen) atoms. The summed E-state index contributed by atoms with van der Waals surface area (Å²) in [6.45, 7) is 1.82. The van der Waals surface area contributed by atoms with E-state index in [4.69, 9.17) is 14.6 Å². The van der Waals surface area contributed by atoms with E-state index in [1.807, 2.05) is 12.1 Å². The number of amides is 3. The van der Waals surface area contributed by atoms with Crippen molar-refractivity contribution in [2.24, 2.45) is 0 Å². The third-order valence-electron chi connectivity index (χ3n) is 5.25. The van der Waals surface area contributed by atoms with Crippen LogP contribution in [-0.4, -0.2) is 66.2 Å². The molecule has 9 nitrogen and oxygen atoms in total. The number of rotatable bonds is 11. The number of imide groups is 1. The van der Waals surface area contributed by atoms with Crippen LogP contribution >= 0.6 is 0 Å². The van der Waals surface area contributed by atoms with Crippen molar-refractivity contribution in [3.8, 4) is 0 Å². The van der Waals surface area contributed by atoms with Crippen molar-refractivity contribution >= 4 is 23.7 Å². The van der Waals surface area contributed by atoms with Gasteiger partial charge in [0, 0.05) is 25.1 Å². The van der Waals surface area contributed by atoms with Crippen molar-refractivity contribution in [2.75, 3.05) is 26.4 Å². The zero-order valence-electron chi connectivity index (χ0n) is 16.7. The number of aliphatic carboxylic acids is 1. The highest BCUT2D eigenvalue weighted by atomic mass is 16.5. The first-order chi connectivity index (χ1) is 14.5. The molecule has 2 aliphatic heterocycles. The predicted molar refractivity (Wildman–Crippen MR) is 105 cm³/mol. The molecular weight excluding hydrogens is 392 g/mol. The van der Waals surface area contributed by atoms with Crippen LogP contribution in [0.2, 0.25) is 0 Å². The minimum Gasteiger partial charge on any atom is -0.481 e. The summed E-state index contributed by atoms with van der Waals surface area (Å²) in [6, 6.07) is 4.99. The van der Waals surface area contributed by atoms with Crippen molar-refractivity contribution in [1.82, 2.24) is 10.2 Å². The van der Waals surface area contributed by atoms with E-state index in [2.05, 4.69) is 5.32 Å². The fraction of sp³-hybridized carbons (Fsp3) is 0.524. The number of carboxylic acid groups (broad SMARTS) is 1. The molecule has 0 aromatic heterocycles. The zero-order valence-corrected chi connectivity index (χ0v) is 16.7. The van der Waals surface area contributed by atoms with Gasteiger partial charge in [-0.15, -0.1) is 0 Å². The molecule has 1 atom stereocenters. The zero-order chi connectivity index (χ0) is 21.5. The fourth-order valence-electron chi connectivity index (χ4n) is 3.73. The largest absolute Gasteiger partial charge is 0.481 e. The molecule has 0 bridgehead atoms. The molecular formula is C21H26N2O7. The van der Waals surface area contributed by atoms with E-state index in [1.54, 1.807) is 11.0 Å². The van der Waals surface area contributed by atoms with Gasteiger partial charge < -0.3 is 19.5 Å². The molecule has 0 aliphatic carbocycles. The molecule has 1 saturated heterocycles. The van der Waals surface area contributed by atoms with Gasteiger partial charge in [-0.25, -0.2) is 0 Å². The number of carbonyl (C=O) groups excluding carboxylic acids is 3. The second-order valence-corrected chi connectivity index (χ2v) is 7.32. The molecule has 0 radical (unpaired) electrons. The van der Waals surface area contributed by atoms with Gasteiger partial charge in [-0.3, -0.25) is 24.5 Å². The van der Waals surface area contributed by atoms with Crippen LogP contribution in [-0.2, 0) is 36.8 Å².